The molecule has 0 aromatic heterocycles. The summed E-state index contributed by atoms with van der Waals surface area (Å²) in [5.74, 6) is -0.734. The fourth-order valence-electron chi connectivity index (χ4n) is 5.52. The zero-order chi connectivity index (χ0) is 32.9. The minimum absolute atomic E-state index is 0.0713. The van der Waals surface area contributed by atoms with Crippen molar-refractivity contribution in [2.45, 2.75) is 88.2 Å². The summed E-state index contributed by atoms with van der Waals surface area (Å²) in [6.07, 6.45) is -6.01. The number of rotatable bonds is 12. The van der Waals surface area contributed by atoms with Gasteiger partial charge in [0, 0.05) is 28.2 Å². The van der Waals surface area contributed by atoms with Crippen LogP contribution in [0.1, 0.15) is 37.3 Å². The normalized spacial score (nSPS) is 27.1. The van der Waals surface area contributed by atoms with E-state index in [0.717, 1.165) is 18.1 Å². The van der Waals surface area contributed by atoms with Gasteiger partial charge in [0.1, 0.15) is 18.8 Å². The van der Waals surface area contributed by atoms with Crippen LogP contribution < -0.4 is 0 Å². The predicted molar refractivity (Wildman–Crippen MR) is 161 cm³/mol. The molecule has 8 unspecified atom stereocenters. The number of carbonyl (C=O) groups excluding carboxylic acids is 2. The van der Waals surface area contributed by atoms with E-state index in [2.05, 4.69) is 30.1 Å². The van der Waals surface area contributed by atoms with E-state index in [-0.39, 0.29) is 26.1 Å². The molecule has 242 valence electrons. The van der Waals surface area contributed by atoms with Crippen LogP contribution in [-0.4, -0.2) is 77.4 Å². The largest absolute Gasteiger partial charge is 0.459 e. The maximum Gasteiger partial charge on any atom is 0.410 e. The van der Waals surface area contributed by atoms with Gasteiger partial charge < -0.3 is 29.0 Å². The Morgan fingerprint density at radius 3 is 2.09 bits per heavy atom. The third-order valence-corrected chi connectivity index (χ3v) is 7.64. The van der Waals surface area contributed by atoms with E-state index >= 15 is 0 Å². The summed E-state index contributed by atoms with van der Waals surface area (Å²) in [6.45, 7) is 1.52. The Morgan fingerprint density at radius 2 is 1.48 bits per heavy atom. The molecule has 17 heteroatoms. The van der Waals surface area contributed by atoms with Crippen molar-refractivity contribution >= 4 is 12.1 Å². The maximum absolute atomic E-state index is 13.3. The van der Waals surface area contributed by atoms with Gasteiger partial charge in [-0.1, -0.05) is 76.0 Å². The topological polar surface area (TPSA) is 241 Å². The number of ether oxygens (including phenoxy) is 4. The van der Waals surface area contributed by atoms with Crippen molar-refractivity contribution < 1.29 is 33.6 Å². The highest BCUT2D eigenvalue weighted by Crippen LogP contribution is 2.34. The summed E-state index contributed by atoms with van der Waals surface area (Å²) in [5, 5.41) is 22.4. The van der Waals surface area contributed by atoms with Crippen molar-refractivity contribution in [3.8, 4) is 0 Å². The van der Waals surface area contributed by atoms with Crippen LogP contribution >= 0.6 is 0 Å². The van der Waals surface area contributed by atoms with Crippen LogP contribution in [0.3, 0.4) is 0 Å². The summed E-state index contributed by atoms with van der Waals surface area (Å²) in [5.41, 5.74) is 29.1. The summed E-state index contributed by atoms with van der Waals surface area (Å²) in [6, 6.07) is 15.7. The molecule has 1 saturated carbocycles. The minimum Gasteiger partial charge on any atom is -0.459 e. The summed E-state index contributed by atoms with van der Waals surface area (Å²) < 4.78 is 23.2. The highest BCUT2D eigenvalue weighted by Gasteiger charge is 2.48. The Morgan fingerprint density at radius 1 is 0.891 bits per heavy atom. The molecule has 46 heavy (non-hydrogen) atoms. The number of aliphatic hydroxyl groups is 1. The van der Waals surface area contributed by atoms with Crippen LogP contribution in [0.5, 0.6) is 0 Å². The molecule has 8 atom stereocenters. The van der Waals surface area contributed by atoms with Crippen molar-refractivity contribution in [3.63, 3.8) is 0 Å². The molecule has 2 fully saturated rings. The third-order valence-electron chi connectivity index (χ3n) is 7.64. The van der Waals surface area contributed by atoms with Gasteiger partial charge in [-0.05, 0) is 47.0 Å². The van der Waals surface area contributed by atoms with Crippen LogP contribution in [0, 0.1) is 0 Å². The maximum atomic E-state index is 13.3. The van der Waals surface area contributed by atoms with E-state index in [9.17, 15) is 25.8 Å². The van der Waals surface area contributed by atoms with Gasteiger partial charge in [0.25, 0.3) is 0 Å². The molecule has 17 nitrogen and oxygen atoms in total. The van der Waals surface area contributed by atoms with Gasteiger partial charge in [-0.3, -0.25) is 4.79 Å². The quantitative estimate of drug-likeness (QED) is 0.137. The molecular weight excluding hydrogens is 600 g/mol. The molecule has 0 spiro atoms. The molecule has 0 radical (unpaired) electrons. The van der Waals surface area contributed by atoms with Gasteiger partial charge in [0.15, 0.2) is 6.29 Å². The van der Waals surface area contributed by atoms with E-state index in [1.807, 2.05) is 60.7 Å². The third kappa shape index (κ3) is 9.25. The molecule has 2 aromatic rings. The van der Waals surface area contributed by atoms with Gasteiger partial charge >= 0.3 is 12.1 Å². The first kappa shape index (κ1) is 33.9. The molecule has 1 amide bonds. The average Bonchev–Trinajstić information content (AvgIpc) is 3.05. The highest BCUT2D eigenvalue weighted by molar-refractivity contribution is 5.67. The lowest BCUT2D eigenvalue weighted by molar-refractivity contribution is -0.256. The molecule has 1 saturated heterocycles. The number of amides is 1. The molecule has 2 aromatic carbocycles. The van der Waals surface area contributed by atoms with Crippen molar-refractivity contribution in [1.29, 1.82) is 0 Å². The van der Waals surface area contributed by atoms with Gasteiger partial charge in [-0.2, -0.15) is 0 Å². The smallest absolute Gasteiger partial charge is 0.410 e. The number of aliphatic hydroxyl groups excluding tert-OH is 1. The fraction of sp³-hybridized carbons (Fsp3) is 0.517. The summed E-state index contributed by atoms with van der Waals surface area (Å²) >= 11 is 0. The average molecular weight is 635 g/mol. The lowest BCUT2D eigenvalue weighted by Crippen LogP contribution is -2.59. The zero-order valence-electron chi connectivity index (χ0n) is 25.0. The predicted octanol–water partition coefficient (Wildman–Crippen LogP) is 5.45. The number of hydrogen-bond acceptors (Lipinski definition) is 10. The minimum atomic E-state index is -1.60. The van der Waals surface area contributed by atoms with Gasteiger partial charge in [0.2, 0.25) is 0 Å². The lowest BCUT2D eigenvalue weighted by Gasteiger charge is -2.44. The lowest BCUT2D eigenvalue weighted by atomic mass is 9.84. The highest BCUT2D eigenvalue weighted by atomic mass is 16.7. The number of esters is 1. The van der Waals surface area contributed by atoms with Crippen LogP contribution in [0.15, 0.2) is 76.0 Å². The molecular formula is C29H34N10O7. The Bertz CT molecular complexity index is 1470. The molecule has 1 aliphatic heterocycles. The second kappa shape index (κ2) is 16.9. The number of azide groups is 3. The van der Waals surface area contributed by atoms with Crippen molar-refractivity contribution in [2.24, 2.45) is 15.3 Å². The van der Waals surface area contributed by atoms with E-state index in [1.54, 1.807) is 0 Å². The fourth-order valence-corrected chi connectivity index (χ4v) is 5.52. The van der Waals surface area contributed by atoms with E-state index in [0.29, 0.717) is 12.8 Å². The van der Waals surface area contributed by atoms with Gasteiger partial charge in [-0.25, -0.2) is 4.79 Å². The summed E-state index contributed by atoms with van der Waals surface area (Å²) in [4.78, 5) is 35.1. The zero-order valence-corrected chi connectivity index (χ0v) is 25.0. The second-order valence-electron chi connectivity index (χ2n) is 10.8. The Labute approximate surface area is 263 Å². The number of carbonyl (C=O) groups is 2. The standard InChI is InChI=1S/C29H34N10O7/c1-18(40)44-26-23(34-37-31)14-24(35-38-32)27(25(26)41)46-28-22(33-36-30)13-12-21(45-28)16-39(15-19-8-4-2-5-9-19)29(42)43-17-20-10-6-3-7-11-20/h2-11,21-28,41H,12-17H2,1H3. The van der Waals surface area contributed by atoms with Crippen LogP contribution in [0.4, 0.5) is 4.79 Å². The number of hydrogen-bond donors (Lipinski definition) is 1. The van der Waals surface area contributed by atoms with E-state index < -0.39 is 60.9 Å². The van der Waals surface area contributed by atoms with Crippen molar-refractivity contribution in [3.05, 3.63) is 103 Å². The number of benzene rings is 2. The first-order valence-corrected chi connectivity index (χ1v) is 14.6. The van der Waals surface area contributed by atoms with Crippen LogP contribution in [0.25, 0.3) is 31.3 Å². The first-order valence-electron chi connectivity index (χ1n) is 14.6. The van der Waals surface area contributed by atoms with Crippen LogP contribution in [-0.2, 0) is 36.9 Å². The van der Waals surface area contributed by atoms with E-state index in [4.69, 9.17) is 24.5 Å². The molecule has 4 rings (SSSR count). The molecule has 2 aliphatic rings. The monoisotopic (exact) mass is 634 g/mol. The molecule has 1 aliphatic carbocycles. The molecule has 1 heterocycles. The first-order chi connectivity index (χ1) is 22.3. The molecule has 1 N–H and O–H groups in total. The van der Waals surface area contributed by atoms with E-state index in [1.165, 1.54) is 4.90 Å². The van der Waals surface area contributed by atoms with Gasteiger partial charge in [0.05, 0.1) is 36.9 Å². The Hall–Kier alpha value is -5.01. The summed E-state index contributed by atoms with van der Waals surface area (Å²) in [7, 11) is 0. The van der Waals surface area contributed by atoms with Crippen molar-refractivity contribution in [1.82, 2.24) is 4.90 Å². The van der Waals surface area contributed by atoms with Crippen LogP contribution in [0.2, 0.25) is 0 Å². The Kier molecular flexibility index (Phi) is 12.4. The Balaban J connectivity index is 1.54. The molecule has 0 bridgehead atoms. The SMILES string of the molecule is CC(=O)OC1C(N=[N+]=[N-])CC(N=[N+]=[N-])C(OC2OC(CN(Cc3ccccc3)C(=O)OCc3ccccc3)CCC2N=[N+]=[N-])C1O. The van der Waals surface area contributed by atoms with Gasteiger partial charge in [-0.15, -0.1) is 0 Å². The second-order valence-corrected chi connectivity index (χ2v) is 10.8. The van der Waals surface area contributed by atoms with Crippen molar-refractivity contribution in [2.75, 3.05) is 6.54 Å². The number of nitrogens with zero attached hydrogens (tertiary/aromatic N) is 10.